The van der Waals surface area contributed by atoms with Crippen molar-refractivity contribution in [2.75, 3.05) is 0 Å². The zero-order valence-corrected chi connectivity index (χ0v) is 12.8. The second kappa shape index (κ2) is 6.06. The number of carbonyl (C=O) groups is 1. The van der Waals surface area contributed by atoms with Gasteiger partial charge in [0.05, 0.1) is 6.33 Å². The van der Waals surface area contributed by atoms with Gasteiger partial charge in [0, 0.05) is 16.6 Å². The minimum atomic E-state index is 0.476. The number of aldehydes is 1. The van der Waals surface area contributed by atoms with Gasteiger partial charge >= 0.3 is 0 Å². The van der Waals surface area contributed by atoms with Gasteiger partial charge in [-0.2, -0.15) is 0 Å². The first kappa shape index (κ1) is 13.8. The van der Waals surface area contributed by atoms with E-state index >= 15 is 0 Å². The van der Waals surface area contributed by atoms with Crippen molar-refractivity contribution in [3.05, 3.63) is 76.3 Å². The summed E-state index contributed by atoms with van der Waals surface area (Å²) in [5, 5.41) is 0. The van der Waals surface area contributed by atoms with Gasteiger partial charge in [0.1, 0.15) is 5.69 Å². The summed E-state index contributed by atoms with van der Waals surface area (Å²) in [6, 6.07) is 16.5. The third kappa shape index (κ3) is 3.11. The Labute approximate surface area is 131 Å². The van der Waals surface area contributed by atoms with Crippen LogP contribution >= 0.6 is 15.9 Å². The molecule has 3 rings (SSSR count). The highest BCUT2D eigenvalue weighted by atomic mass is 79.9. The van der Waals surface area contributed by atoms with E-state index in [2.05, 4.69) is 56.2 Å². The molecule has 1 aromatic heterocycles. The Morgan fingerprint density at radius 1 is 1.10 bits per heavy atom. The number of halogens is 1. The molecule has 0 unspecified atom stereocenters. The highest BCUT2D eigenvalue weighted by Gasteiger charge is 2.06. The first-order valence-corrected chi connectivity index (χ1v) is 7.38. The molecule has 3 aromatic rings. The Morgan fingerprint density at radius 2 is 1.90 bits per heavy atom. The molecule has 0 radical (unpaired) electrons. The highest BCUT2D eigenvalue weighted by molar-refractivity contribution is 9.10. The predicted molar refractivity (Wildman–Crippen MR) is 86.4 cm³/mol. The Balaban J connectivity index is 1.89. The van der Waals surface area contributed by atoms with Gasteiger partial charge in [0.25, 0.3) is 0 Å². The maximum absolute atomic E-state index is 10.9. The molecule has 0 saturated carbocycles. The second-order valence-corrected chi connectivity index (χ2v) is 5.68. The minimum Gasteiger partial charge on any atom is -0.348 e. The molecule has 0 aliphatic carbocycles. The normalized spacial score (nSPS) is 10.5. The first-order valence-electron chi connectivity index (χ1n) is 6.58. The number of H-pyrrole nitrogens is 1. The van der Waals surface area contributed by atoms with Crippen LogP contribution in [0.15, 0.2) is 59.3 Å². The van der Waals surface area contributed by atoms with E-state index in [1.165, 1.54) is 5.56 Å². The van der Waals surface area contributed by atoms with E-state index in [4.69, 9.17) is 0 Å². The average Bonchev–Trinajstić information content (AvgIpc) is 2.95. The number of aromatic amines is 1. The Bertz CT molecular complexity index is 762. The molecule has 4 heteroatoms. The lowest BCUT2D eigenvalue weighted by Gasteiger charge is -2.06. The van der Waals surface area contributed by atoms with Crippen molar-refractivity contribution in [1.82, 2.24) is 9.97 Å². The van der Waals surface area contributed by atoms with Crippen LogP contribution in [0.1, 0.15) is 21.7 Å². The number of benzene rings is 2. The number of carbonyl (C=O) groups excluding carboxylic acids is 1. The molecule has 0 aliphatic heterocycles. The van der Waals surface area contributed by atoms with Crippen molar-refractivity contribution in [3.8, 4) is 11.1 Å². The molecule has 0 bridgehead atoms. The fourth-order valence-electron chi connectivity index (χ4n) is 2.28. The maximum atomic E-state index is 10.9. The zero-order chi connectivity index (χ0) is 14.7. The van der Waals surface area contributed by atoms with E-state index in [1.54, 1.807) is 6.33 Å². The monoisotopic (exact) mass is 340 g/mol. The summed E-state index contributed by atoms with van der Waals surface area (Å²) in [6.07, 6.45) is 3.00. The second-order valence-electron chi connectivity index (χ2n) is 4.77. The van der Waals surface area contributed by atoms with Crippen LogP contribution in [0, 0.1) is 0 Å². The van der Waals surface area contributed by atoms with Crippen molar-refractivity contribution in [1.29, 1.82) is 0 Å². The number of aromatic nitrogens is 2. The molecular weight excluding hydrogens is 328 g/mol. The van der Waals surface area contributed by atoms with Crippen molar-refractivity contribution in [2.24, 2.45) is 0 Å². The molecule has 0 aliphatic rings. The molecule has 3 nitrogen and oxygen atoms in total. The van der Waals surface area contributed by atoms with Crippen LogP contribution in [0.4, 0.5) is 0 Å². The lowest BCUT2D eigenvalue weighted by Crippen LogP contribution is -1.94. The molecule has 0 saturated heterocycles. The van der Waals surface area contributed by atoms with E-state index < -0.39 is 0 Å². The summed E-state index contributed by atoms with van der Waals surface area (Å²) >= 11 is 3.44. The van der Waals surface area contributed by atoms with Crippen LogP contribution in [-0.2, 0) is 6.42 Å². The summed E-state index contributed by atoms with van der Waals surface area (Å²) in [4.78, 5) is 17.9. The molecule has 104 valence electrons. The molecule has 0 amide bonds. The number of rotatable bonds is 4. The van der Waals surface area contributed by atoms with E-state index in [-0.39, 0.29) is 0 Å². The van der Waals surface area contributed by atoms with E-state index in [0.29, 0.717) is 12.1 Å². The Kier molecular flexibility index (Phi) is 3.97. The minimum absolute atomic E-state index is 0.476. The van der Waals surface area contributed by atoms with Crippen LogP contribution < -0.4 is 0 Å². The van der Waals surface area contributed by atoms with Crippen molar-refractivity contribution in [3.63, 3.8) is 0 Å². The van der Waals surface area contributed by atoms with Gasteiger partial charge in [-0.1, -0.05) is 52.3 Å². The molecule has 2 aromatic carbocycles. The van der Waals surface area contributed by atoms with Gasteiger partial charge in [-0.3, -0.25) is 4.79 Å². The molecule has 1 N–H and O–H groups in total. The van der Waals surface area contributed by atoms with E-state index in [1.807, 2.05) is 18.2 Å². The van der Waals surface area contributed by atoms with Crippen LogP contribution in [0.2, 0.25) is 0 Å². The SMILES string of the molecule is O=Cc1nc[nH]c1Cc1cccc(-c2ccc(Br)cc2)c1. The fourth-order valence-corrected chi connectivity index (χ4v) is 2.55. The van der Waals surface area contributed by atoms with Crippen LogP contribution in [0.3, 0.4) is 0 Å². The molecule has 21 heavy (non-hydrogen) atoms. The average molecular weight is 341 g/mol. The lowest BCUT2D eigenvalue weighted by molar-refractivity contribution is 0.111. The summed E-state index contributed by atoms with van der Waals surface area (Å²) in [5.74, 6) is 0. The predicted octanol–water partition coefficient (Wildman–Crippen LogP) is 4.24. The molecule has 0 fully saturated rings. The van der Waals surface area contributed by atoms with Crippen molar-refractivity contribution >= 4 is 22.2 Å². The van der Waals surface area contributed by atoms with Gasteiger partial charge < -0.3 is 4.98 Å². The number of nitrogens with one attached hydrogen (secondary N) is 1. The van der Waals surface area contributed by atoms with Gasteiger partial charge in [0.15, 0.2) is 6.29 Å². The smallest absolute Gasteiger partial charge is 0.170 e. The maximum Gasteiger partial charge on any atom is 0.170 e. The summed E-state index contributed by atoms with van der Waals surface area (Å²) < 4.78 is 1.07. The van der Waals surface area contributed by atoms with Crippen molar-refractivity contribution in [2.45, 2.75) is 6.42 Å². The third-order valence-electron chi connectivity index (χ3n) is 3.35. The van der Waals surface area contributed by atoms with Crippen LogP contribution in [-0.4, -0.2) is 16.3 Å². The number of hydrogen-bond donors (Lipinski definition) is 1. The number of nitrogens with zero attached hydrogens (tertiary/aromatic N) is 1. The summed E-state index contributed by atoms with van der Waals surface area (Å²) in [6.45, 7) is 0. The quantitative estimate of drug-likeness (QED) is 0.722. The first-order chi connectivity index (χ1) is 10.3. The Morgan fingerprint density at radius 3 is 2.67 bits per heavy atom. The van der Waals surface area contributed by atoms with E-state index in [0.717, 1.165) is 27.6 Å². The lowest BCUT2D eigenvalue weighted by atomic mass is 10.0. The highest BCUT2D eigenvalue weighted by Crippen LogP contribution is 2.23. The molecule has 0 atom stereocenters. The summed E-state index contributed by atoms with van der Waals surface area (Å²) in [5.41, 5.74) is 4.79. The zero-order valence-electron chi connectivity index (χ0n) is 11.2. The largest absolute Gasteiger partial charge is 0.348 e. The number of imidazole rings is 1. The molecular formula is C17H13BrN2O. The van der Waals surface area contributed by atoms with Gasteiger partial charge in [0.2, 0.25) is 0 Å². The number of hydrogen-bond acceptors (Lipinski definition) is 2. The standard InChI is InChI=1S/C17H13BrN2O/c18-15-6-4-13(5-7-15)14-3-1-2-12(8-14)9-16-17(10-21)20-11-19-16/h1-8,10-11H,9H2,(H,19,20). The van der Waals surface area contributed by atoms with Gasteiger partial charge in [-0.05, 0) is 28.8 Å². The van der Waals surface area contributed by atoms with Crippen LogP contribution in [0.25, 0.3) is 11.1 Å². The topological polar surface area (TPSA) is 45.8 Å². The summed E-state index contributed by atoms with van der Waals surface area (Å²) in [7, 11) is 0. The van der Waals surface area contributed by atoms with Gasteiger partial charge in [-0.15, -0.1) is 0 Å². The fraction of sp³-hybridized carbons (Fsp3) is 0.0588. The van der Waals surface area contributed by atoms with Crippen molar-refractivity contribution < 1.29 is 4.79 Å². The molecule has 0 spiro atoms. The third-order valence-corrected chi connectivity index (χ3v) is 3.88. The van der Waals surface area contributed by atoms with E-state index in [9.17, 15) is 4.79 Å². The Hall–Kier alpha value is -2.20. The van der Waals surface area contributed by atoms with Crippen LogP contribution in [0.5, 0.6) is 0 Å². The molecule has 1 heterocycles. The van der Waals surface area contributed by atoms with Gasteiger partial charge in [-0.25, -0.2) is 4.98 Å².